The molecule has 1 aliphatic rings. The van der Waals surface area contributed by atoms with Gasteiger partial charge in [-0.1, -0.05) is 30.5 Å². The number of benzene rings is 1. The molecule has 0 saturated heterocycles. The highest BCUT2D eigenvalue weighted by atomic mass is 35.5. The van der Waals surface area contributed by atoms with Crippen LogP contribution in [-0.2, 0) is 6.42 Å². The van der Waals surface area contributed by atoms with Crippen molar-refractivity contribution in [2.45, 2.75) is 37.5 Å². The first kappa shape index (κ1) is 12.2. The van der Waals surface area contributed by atoms with E-state index in [-0.39, 0.29) is 11.2 Å². The maximum Gasteiger partial charge on any atom is 0.127 e. The second-order valence-corrected chi connectivity index (χ2v) is 5.50. The van der Waals surface area contributed by atoms with Crippen molar-refractivity contribution >= 4 is 23.2 Å². The second-order valence-electron chi connectivity index (χ2n) is 4.50. The maximum atomic E-state index is 13.6. The zero-order valence-corrected chi connectivity index (χ0v) is 10.6. The van der Waals surface area contributed by atoms with E-state index >= 15 is 0 Å². The van der Waals surface area contributed by atoms with Crippen molar-refractivity contribution in [3.63, 3.8) is 0 Å². The first-order chi connectivity index (χ1) is 7.66. The van der Waals surface area contributed by atoms with E-state index in [1.54, 1.807) is 12.1 Å². The Bertz CT molecular complexity index is 365. The van der Waals surface area contributed by atoms with Crippen molar-refractivity contribution < 1.29 is 4.39 Å². The number of alkyl halides is 1. The molecule has 0 bridgehead atoms. The smallest absolute Gasteiger partial charge is 0.127 e. The largest absolute Gasteiger partial charge is 0.207 e. The summed E-state index contributed by atoms with van der Waals surface area (Å²) in [5, 5.41) is 0.649. The quantitative estimate of drug-likeness (QED) is 0.669. The van der Waals surface area contributed by atoms with Gasteiger partial charge in [-0.2, -0.15) is 0 Å². The second kappa shape index (κ2) is 5.37. The fourth-order valence-electron chi connectivity index (χ4n) is 2.36. The molecule has 1 aromatic rings. The average Bonchev–Trinajstić information content (AvgIpc) is 2.25. The van der Waals surface area contributed by atoms with Crippen molar-refractivity contribution in [3.8, 4) is 0 Å². The lowest BCUT2D eigenvalue weighted by molar-refractivity contribution is 0.360. The fourth-order valence-corrected chi connectivity index (χ4v) is 2.89. The summed E-state index contributed by atoms with van der Waals surface area (Å²) in [6.45, 7) is 0. The third kappa shape index (κ3) is 2.89. The van der Waals surface area contributed by atoms with Gasteiger partial charge in [0, 0.05) is 10.4 Å². The van der Waals surface area contributed by atoms with Crippen LogP contribution in [0.3, 0.4) is 0 Å². The van der Waals surface area contributed by atoms with Crippen molar-refractivity contribution in [3.05, 3.63) is 34.6 Å². The Morgan fingerprint density at radius 2 is 2.00 bits per heavy atom. The van der Waals surface area contributed by atoms with Crippen LogP contribution >= 0.6 is 23.2 Å². The van der Waals surface area contributed by atoms with E-state index in [9.17, 15) is 4.39 Å². The number of hydrogen-bond donors (Lipinski definition) is 0. The molecule has 2 rings (SSSR count). The van der Waals surface area contributed by atoms with Crippen molar-refractivity contribution in [2.24, 2.45) is 5.92 Å². The van der Waals surface area contributed by atoms with Gasteiger partial charge in [-0.15, -0.1) is 11.6 Å². The highest BCUT2D eigenvalue weighted by molar-refractivity contribution is 6.30. The molecule has 0 spiro atoms. The molecule has 3 heteroatoms. The molecule has 0 amide bonds. The van der Waals surface area contributed by atoms with Crippen LogP contribution in [0.1, 0.15) is 31.2 Å². The standard InChI is InChI=1S/C13H15Cl2F/c14-11-6-5-10(13(16)8-11)7-9-3-1-2-4-12(9)15/h5-6,8-9,12H,1-4,7H2. The molecular formula is C13H15Cl2F. The summed E-state index contributed by atoms with van der Waals surface area (Å²) in [6.07, 6.45) is 5.31. The topological polar surface area (TPSA) is 0 Å². The number of rotatable bonds is 2. The summed E-state index contributed by atoms with van der Waals surface area (Å²) >= 11 is 12.0. The number of halogens is 3. The van der Waals surface area contributed by atoms with E-state index < -0.39 is 0 Å². The first-order valence-corrected chi connectivity index (χ1v) is 6.56. The van der Waals surface area contributed by atoms with Gasteiger partial charge in [0.25, 0.3) is 0 Å². The van der Waals surface area contributed by atoms with Crippen molar-refractivity contribution in [1.82, 2.24) is 0 Å². The van der Waals surface area contributed by atoms with Crippen LogP contribution in [0.2, 0.25) is 5.02 Å². The Labute approximate surface area is 106 Å². The van der Waals surface area contributed by atoms with Crippen LogP contribution in [-0.4, -0.2) is 5.38 Å². The third-order valence-electron chi connectivity index (χ3n) is 3.31. The molecule has 1 fully saturated rings. The first-order valence-electron chi connectivity index (χ1n) is 5.75. The average molecular weight is 261 g/mol. The molecule has 0 N–H and O–H groups in total. The van der Waals surface area contributed by atoms with Crippen LogP contribution in [0.4, 0.5) is 4.39 Å². The van der Waals surface area contributed by atoms with Gasteiger partial charge in [0.15, 0.2) is 0 Å². The van der Waals surface area contributed by atoms with Gasteiger partial charge < -0.3 is 0 Å². The summed E-state index contributed by atoms with van der Waals surface area (Å²) in [5.41, 5.74) is 0.738. The predicted octanol–water partition coefficient (Wildman–Crippen LogP) is 4.82. The lowest BCUT2D eigenvalue weighted by Crippen LogP contribution is -2.22. The molecule has 0 aromatic heterocycles. The fraction of sp³-hybridized carbons (Fsp3) is 0.538. The summed E-state index contributed by atoms with van der Waals surface area (Å²) in [7, 11) is 0. The van der Waals surface area contributed by atoms with Crippen LogP contribution in [0, 0.1) is 11.7 Å². The summed E-state index contributed by atoms with van der Waals surface area (Å²) in [5.74, 6) is 0.202. The van der Waals surface area contributed by atoms with Crippen LogP contribution in [0.5, 0.6) is 0 Å². The Hall–Kier alpha value is -0.270. The van der Waals surface area contributed by atoms with Crippen molar-refractivity contribution in [1.29, 1.82) is 0 Å². The minimum atomic E-state index is -0.207. The highest BCUT2D eigenvalue weighted by Crippen LogP contribution is 2.32. The van der Waals surface area contributed by atoms with Crippen LogP contribution in [0.15, 0.2) is 18.2 Å². The lowest BCUT2D eigenvalue weighted by Gasteiger charge is -2.27. The van der Waals surface area contributed by atoms with Crippen molar-refractivity contribution in [2.75, 3.05) is 0 Å². The summed E-state index contributed by atoms with van der Waals surface area (Å²) < 4.78 is 13.6. The van der Waals surface area contributed by atoms with Gasteiger partial charge in [-0.05, 0) is 42.9 Å². The van der Waals surface area contributed by atoms with Gasteiger partial charge in [0.1, 0.15) is 5.82 Å². The van der Waals surface area contributed by atoms with Gasteiger partial charge in [0.2, 0.25) is 0 Å². The van der Waals surface area contributed by atoms with E-state index in [4.69, 9.17) is 23.2 Å². The van der Waals surface area contributed by atoms with E-state index in [1.807, 2.05) is 0 Å². The van der Waals surface area contributed by atoms with E-state index in [2.05, 4.69) is 0 Å². The Kier molecular flexibility index (Phi) is 4.10. The normalized spacial score (nSPS) is 25.7. The van der Waals surface area contributed by atoms with E-state index in [0.29, 0.717) is 10.9 Å². The Morgan fingerprint density at radius 3 is 2.69 bits per heavy atom. The number of hydrogen-bond acceptors (Lipinski definition) is 0. The molecule has 1 aliphatic carbocycles. The van der Waals surface area contributed by atoms with E-state index in [0.717, 1.165) is 24.8 Å². The maximum absolute atomic E-state index is 13.6. The monoisotopic (exact) mass is 260 g/mol. The summed E-state index contributed by atoms with van der Waals surface area (Å²) in [4.78, 5) is 0. The highest BCUT2D eigenvalue weighted by Gasteiger charge is 2.24. The molecule has 0 radical (unpaired) electrons. The molecule has 0 heterocycles. The predicted molar refractivity (Wildman–Crippen MR) is 66.7 cm³/mol. The van der Waals surface area contributed by atoms with Crippen LogP contribution < -0.4 is 0 Å². The summed E-state index contributed by atoms with van der Waals surface area (Å²) in [6, 6.07) is 4.89. The Morgan fingerprint density at radius 1 is 1.25 bits per heavy atom. The van der Waals surface area contributed by atoms with Gasteiger partial charge in [0.05, 0.1) is 0 Å². The molecule has 1 saturated carbocycles. The van der Waals surface area contributed by atoms with Gasteiger partial charge in [-0.25, -0.2) is 4.39 Å². The minimum absolute atomic E-state index is 0.198. The van der Waals surface area contributed by atoms with E-state index in [1.165, 1.54) is 18.9 Å². The third-order valence-corrected chi connectivity index (χ3v) is 4.12. The molecule has 2 atom stereocenters. The molecule has 16 heavy (non-hydrogen) atoms. The minimum Gasteiger partial charge on any atom is -0.207 e. The zero-order valence-electron chi connectivity index (χ0n) is 9.06. The molecule has 0 aliphatic heterocycles. The SMILES string of the molecule is Fc1cc(Cl)ccc1CC1CCCCC1Cl. The molecular weight excluding hydrogens is 246 g/mol. The van der Waals surface area contributed by atoms with Gasteiger partial charge >= 0.3 is 0 Å². The molecule has 2 unspecified atom stereocenters. The zero-order chi connectivity index (χ0) is 11.5. The lowest BCUT2D eigenvalue weighted by atomic mass is 9.84. The molecule has 0 nitrogen and oxygen atoms in total. The Balaban J connectivity index is 2.07. The molecule has 88 valence electrons. The van der Waals surface area contributed by atoms with Gasteiger partial charge in [-0.3, -0.25) is 0 Å². The molecule has 1 aromatic carbocycles. The van der Waals surface area contributed by atoms with Crippen LogP contribution in [0.25, 0.3) is 0 Å².